The molecule has 0 aromatic heterocycles. The Morgan fingerprint density at radius 3 is 2.03 bits per heavy atom. The van der Waals surface area contributed by atoms with Gasteiger partial charge in [0.1, 0.15) is 0 Å². The summed E-state index contributed by atoms with van der Waals surface area (Å²) in [4.78, 5) is 0. The lowest BCUT2D eigenvalue weighted by atomic mass is 9.77. The average Bonchev–Trinajstić information content (AvgIpc) is 2.89. The first-order valence-electron chi connectivity index (χ1n) is 13.3. The zero-order valence-electron chi connectivity index (χ0n) is 21.0. The van der Waals surface area contributed by atoms with Crippen LogP contribution in [0.3, 0.4) is 0 Å². The van der Waals surface area contributed by atoms with Crippen LogP contribution in [0.1, 0.15) is 92.0 Å². The van der Waals surface area contributed by atoms with Crippen LogP contribution in [-0.2, 0) is 12.8 Å². The Morgan fingerprint density at radius 2 is 1.44 bits per heavy atom. The van der Waals surface area contributed by atoms with Crippen LogP contribution in [0.2, 0.25) is 0 Å². The third-order valence-corrected chi connectivity index (χ3v) is 7.84. The predicted octanol–water partition coefficient (Wildman–Crippen LogP) is 9.17. The molecule has 0 atom stereocenters. The summed E-state index contributed by atoms with van der Waals surface area (Å²) >= 11 is 0. The molecule has 3 aromatic rings. The molecule has 0 spiro atoms. The van der Waals surface area contributed by atoms with Gasteiger partial charge in [0.25, 0.3) is 0 Å². The topological polar surface area (TPSA) is 23.8 Å². The van der Waals surface area contributed by atoms with Crippen molar-refractivity contribution in [3.63, 3.8) is 0 Å². The minimum atomic E-state index is 0.721. The van der Waals surface area contributed by atoms with Crippen molar-refractivity contribution < 1.29 is 0 Å². The van der Waals surface area contributed by atoms with E-state index in [1.807, 2.05) is 12.1 Å². The van der Waals surface area contributed by atoms with E-state index < -0.39 is 0 Å². The van der Waals surface area contributed by atoms with E-state index in [2.05, 4.69) is 74.5 Å². The molecular formula is C33H39N. The maximum Gasteiger partial charge on any atom is 0.0991 e. The largest absolute Gasteiger partial charge is 0.192 e. The van der Waals surface area contributed by atoms with Crippen LogP contribution in [0.4, 0.5) is 0 Å². The Labute approximate surface area is 206 Å². The van der Waals surface area contributed by atoms with Gasteiger partial charge in [-0.15, -0.1) is 0 Å². The van der Waals surface area contributed by atoms with Gasteiger partial charge in [-0.05, 0) is 103 Å². The van der Waals surface area contributed by atoms with Crippen LogP contribution < -0.4 is 0 Å². The van der Waals surface area contributed by atoms with Crippen LogP contribution in [0, 0.1) is 24.2 Å². The third kappa shape index (κ3) is 6.38. The summed E-state index contributed by atoms with van der Waals surface area (Å²) in [6.07, 6.45) is 13.4. The first-order chi connectivity index (χ1) is 16.7. The first-order valence-corrected chi connectivity index (χ1v) is 13.3. The van der Waals surface area contributed by atoms with Gasteiger partial charge in [0.05, 0.1) is 11.6 Å². The molecule has 1 saturated carbocycles. The van der Waals surface area contributed by atoms with Crippen LogP contribution in [0.15, 0.2) is 66.7 Å². The van der Waals surface area contributed by atoms with E-state index >= 15 is 0 Å². The summed E-state index contributed by atoms with van der Waals surface area (Å²) in [6.45, 7) is 4.38. The Hall–Kier alpha value is -2.85. The second-order valence-electron chi connectivity index (χ2n) is 10.3. The van der Waals surface area contributed by atoms with E-state index in [9.17, 15) is 0 Å². The molecule has 176 valence electrons. The molecule has 1 aliphatic carbocycles. The van der Waals surface area contributed by atoms with Gasteiger partial charge in [-0.1, -0.05) is 87.2 Å². The average molecular weight is 450 g/mol. The number of hydrogen-bond acceptors (Lipinski definition) is 1. The van der Waals surface area contributed by atoms with E-state index in [4.69, 9.17) is 5.26 Å². The van der Waals surface area contributed by atoms with E-state index in [0.717, 1.165) is 35.8 Å². The Bertz CT molecular complexity index is 1080. The molecule has 4 rings (SSSR count). The first kappa shape index (κ1) is 24.3. The zero-order chi connectivity index (χ0) is 23.8. The molecule has 0 saturated heterocycles. The van der Waals surface area contributed by atoms with Crippen molar-refractivity contribution in [2.75, 3.05) is 0 Å². The highest BCUT2D eigenvalue weighted by atomic mass is 14.3. The van der Waals surface area contributed by atoms with Crippen molar-refractivity contribution in [3.8, 4) is 17.2 Å². The van der Waals surface area contributed by atoms with Crippen molar-refractivity contribution >= 4 is 0 Å². The standard InChI is InChI=1S/C33H39N/c1-3-4-5-6-26-9-16-30(17-10-26)31-18-11-27(12-19-31)7-8-28-13-20-32(21-14-28)33-22-15-29(24-34)23-25(33)2/h11-15,18-23,26,30H,3-10,16-17H2,1-2H3. The quantitative estimate of drug-likeness (QED) is 0.299. The predicted molar refractivity (Wildman–Crippen MR) is 144 cm³/mol. The molecule has 34 heavy (non-hydrogen) atoms. The number of unbranched alkanes of at least 4 members (excludes halogenated alkanes) is 2. The molecule has 0 radical (unpaired) electrons. The number of hydrogen-bond donors (Lipinski definition) is 0. The van der Waals surface area contributed by atoms with Crippen molar-refractivity contribution in [2.24, 2.45) is 5.92 Å². The lowest BCUT2D eigenvalue weighted by Gasteiger charge is -2.29. The molecule has 0 amide bonds. The normalized spacial score (nSPS) is 17.9. The minimum absolute atomic E-state index is 0.721. The summed E-state index contributed by atoms with van der Waals surface area (Å²) in [7, 11) is 0. The van der Waals surface area contributed by atoms with E-state index in [1.165, 1.54) is 73.6 Å². The van der Waals surface area contributed by atoms with Crippen molar-refractivity contribution in [3.05, 3.63) is 94.5 Å². The van der Waals surface area contributed by atoms with E-state index in [-0.39, 0.29) is 0 Å². The number of nitriles is 1. The summed E-state index contributed by atoms with van der Waals surface area (Å²) in [6, 6.07) is 26.6. The summed E-state index contributed by atoms with van der Waals surface area (Å²) in [5.74, 6) is 1.75. The van der Waals surface area contributed by atoms with Gasteiger partial charge in [0.2, 0.25) is 0 Å². The molecule has 0 bridgehead atoms. The molecule has 1 fully saturated rings. The van der Waals surface area contributed by atoms with Crippen molar-refractivity contribution in [1.82, 2.24) is 0 Å². The van der Waals surface area contributed by atoms with Gasteiger partial charge in [-0.25, -0.2) is 0 Å². The molecule has 0 aliphatic heterocycles. The van der Waals surface area contributed by atoms with Gasteiger partial charge in [-0.2, -0.15) is 5.26 Å². The van der Waals surface area contributed by atoms with Gasteiger partial charge < -0.3 is 0 Å². The molecule has 1 nitrogen and oxygen atoms in total. The number of aryl methyl sites for hydroxylation is 3. The van der Waals surface area contributed by atoms with Crippen LogP contribution in [0.25, 0.3) is 11.1 Å². The molecule has 1 heteroatoms. The highest BCUT2D eigenvalue weighted by molar-refractivity contribution is 5.68. The summed E-state index contributed by atoms with van der Waals surface area (Å²) < 4.78 is 0. The molecule has 0 heterocycles. The lowest BCUT2D eigenvalue weighted by molar-refractivity contribution is 0.303. The lowest BCUT2D eigenvalue weighted by Crippen LogP contribution is -2.13. The van der Waals surface area contributed by atoms with Gasteiger partial charge >= 0.3 is 0 Å². The minimum Gasteiger partial charge on any atom is -0.192 e. The van der Waals surface area contributed by atoms with Gasteiger partial charge in [0.15, 0.2) is 0 Å². The van der Waals surface area contributed by atoms with E-state index in [1.54, 1.807) is 5.56 Å². The summed E-state index contributed by atoms with van der Waals surface area (Å²) in [5, 5.41) is 9.09. The van der Waals surface area contributed by atoms with E-state index in [0.29, 0.717) is 0 Å². The fraction of sp³-hybridized carbons (Fsp3) is 0.424. The number of benzene rings is 3. The Balaban J connectivity index is 1.27. The van der Waals surface area contributed by atoms with Gasteiger partial charge in [-0.3, -0.25) is 0 Å². The van der Waals surface area contributed by atoms with Crippen molar-refractivity contribution in [2.45, 2.75) is 84.0 Å². The molecule has 3 aromatic carbocycles. The molecule has 0 unspecified atom stereocenters. The van der Waals surface area contributed by atoms with Gasteiger partial charge in [0, 0.05) is 0 Å². The maximum absolute atomic E-state index is 9.09. The highest BCUT2D eigenvalue weighted by Gasteiger charge is 2.21. The number of rotatable bonds is 9. The second kappa shape index (κ2) is 12.0. The Morgan fingerprint density at radius 1 is 0.794 bits per heavy atom. The fourth-order valence-electron chi connectivity index (χ4n) is 5.62. The highest BCUT2D eigenvalue weighted by Crippen LogP contribution is 2.37. The molecular weight excluding hydrogens is 410 g/mol. The zero-order valence-corrected chi connectivity index (χ0v) is 21.0. The monoisotopic (exact) mass is 449 g/mol. The molecule has 0 N–H and O–H groups in total. The number of nitrogens with zero attached hydrogens (tertiary/aromatic N) is 1. The molecule has 1 aliphatic rings. The Kier molecular flexibility index (Phi) is 8.59. The SMILES string of the molecule is CCCCCC1CCC(c2ccc(CCc3ccc(-c4ccc(C#N)cc4C)cc3)cc2)CC1. The van der Waals surface area contributed by atoms with Crippen LogP contribution in [-0.4, -0.2) is 0 Å². The van der Waals surface area contributed by atoms with Crippen LogP contribution in [0.5, 0.6) is 0 Å². The fourth-order valence-corrected chi connectivity index (χ4v) is 5.62. The second-order valence-corrected chi connectivity index (χ2v) is 10.3. The summed E-state index contributed by atoms with van der Waals surface area (Å²) in [5.41, 5.74) is 8.66. The van der Waals surface area contributed by atoms with Crippen LogP contribution >= 0.6 is 0 Å². The van der Waals surface area contributed by atoms with Crippen molar-refractivity contribution in [1.29, 1.82) is 5.26 Å². The maximum atomic E-state index is 9.09. The third-order valence-electron chi connectivity index (χ3n) is 7.84. The smallest absolute Gasteiger partial charge is 0.0991 e.